The van der Waals surface area contributed by atoms with Gasteiger partial charge in [0.25, 0.3) is 5.91 Å². The predicted octanol–water partition coefficient (Wildman–Crippen LogP) is 1.23. The number of aryl methyl sites for hydroxylation is 1. The summed E-state index contributed by atoms with van der Waals surface area (Å²) in [5, 5.41) is 2.76. The average molecular weight is 370 g/mol. The molecule has 1 amide bonds. The molecular weight excluding hydrogens is 344 g/mol. The number of hydrogen-bond donors (Lipinski definition) is 2. The van der Waals surface area contributed by atoms with E-state index in [0.29, 0.717) is 12.3 Å². The van der Waals surface area contributed by atoms with Crippen molar-refractivity contribution in [2.24, 2.45) is 5.92 Å². The number of esters is 1. The molecule has 0 radical (unpaired) electrons. The molecule has 0 aliphatic heterocycles. The first-order valence-corrected chi connectivity index (χ1v) is 9.61. The van der Waals surface area contributed by atoms with Crippen molar-refractivity contribution in [1.29, 1.82) is 0 Å². The fraction of sp³-hybridized carbons (Fsp3) is 0.529. The van der Waals surface area contributed by atoms with E-state index in [-0.39, 0.29) is 29.9 Å². The summed E-state index contributed by atoms with van der Waals surface area (Å²) < 4.78 is 30.4. The van der Waals surface area contributed by atoms with Crippen LogP contribution in [-0.2, 0) is 30.8 Å². The van der Waals surface area contributed by atoms with Crippen LogP contribution in [0.5, 0.6) is 0 Å². The van der Waals surface area contributed by atoms with E-state index in [4.69, 9.17) is 4.74 Å². The number of ether oxygens (including phenoxy) is 1. The van der Waals surface area contributed by atoms with E-state index in [1.54, 1.807) is 12.1 Å². The Balaban J connectivity index is 2.40. The number of benzene rings is 1. The van der Waals surface area contributed by atoms with Crippen LogP contribution < -0.4 is 10.0 Å². The van der Waals surface area contributed by atoms with Crippen LogP contribution in [0.25, 0.3) is 0 Å². The largest absolute Gasteiger partial charge is 0.456 e. The molecule has 0 fully saturated rings. The second-order valence-corrected chi connectivity index (χ2v) is 8.00. The third-order valence-corrected chi connectivity index (χ3v) is 5.30. The van der Waals surface area contributed by atoms with Crippen molar-refractivity contribution in [3.8, 4) is 0 Å². The molecule has 0 bridgehead atoms. The lowest BCUT2D eigenvalue weighted by Gasteiger charge is -2.17. The molecule has 0 aromatic heterocycles. The Morgan fingerprint density at radius 3 is 2.24 bits per heavy atom. The number of sulfonamides is 1. The van der Waals surface area contributed by atoms with Gasteiger partial charge in [0.1, 0.15) is 0 Å². The van der Waals surface area contributed by atoms with Crippen molar-refractivity contribution in [3.63, 3.8) is 0 Å². The number of nitrogens with one attached hydrogen (secondary N) is 2. The zero-order valence-corrected chi connectivity index (χ0v) is 15.9. The molecule has 2 N–H and O–H groups in total. The number of carbonyl (C=O) groups excluding carboxylic acids is 2. The van der Waals surface area contributed by atoms with Crippen LogP contribution in [0.15, 0.2) is 29.2 Å². The lowest BCUT2D eigenvalue weighted by atomic mass is 10.1. The number of hydrogen-bond acceptors (Lipinski definition) is 5. The number of carbonyl (C=O) groups is 2. The van der Waals surface area contributed by atoms with E-state index in [2.05, 4.69) is 10.0 Å². The predicted molar refractivity (Wildman–Crippen MR) is 94.4 cm³/mol. The average Bonchev–Trinajstić information content (AvgIpc) is 2.58. The smallest absolute Gasteiger partial charge is 0.306 e. The SMILES string of the molecule is CNS(=O)(=O)c1ccc(CCC(=O)OCC(=O)NC(C)C(C)C)cc1. The van der Waals surface area contributed by atoms with Crippen molar-refractivity contribution in [3.05, 3.63) is 29.8 Å². The van der Waals surface area contributed by atoms with Crippen LogP contribution in [0.3, 0.4) is 0 Å². The summed E-state index contributed by atoms with van der Waals surface area (Å²) in [5.41, 5.74) is 0.810. The summed E-state index contributed by atoms with van der Waals surface area (Å²) in [4.78, 5) is 23.5. The summed E-state index contributed by atoms with van der Waals surface area (Å²) in [5.74, 6) is -0.496. The zero-order chi connectivity index (χ0) is 19.0. The Morgan fingerprint density at radius 1 is 1.12 bits per heavy atom. The minimum absolute atomic E-state index is 0.0126. The van der Waals surface area contributed by atoms with Crippen molar-refractivity contribution < 1.29 is 22.7 Å². The lowest BCUT2D eigenvalue weighted by Crippen LogP contribution is -2.38. The normalized spacial score (nSPS) is 12.7. The molecule has 1 aromatic carbocycles. The summed E-state index contributed by atoms with van der Waals surface area (Å²) >= 11 is 0. The summed E-state index contributed by atoms with van der Waals surface area (Å²) in [7, 11) is -2.12. The molecule has 140 valence electrons. The molecule has 0 heterocycles. The molecule has 1 unspecified atom stereocenters. The zero-order valence-electron chi connectivity index (χ0n) is 15.0. The topological polar surface area (TPSA) is 102 Å². The van der Waals surface area contributed by atoms with E-state index in [0.717, 1.165) is 5.56 Å². The highest BCUT2D eigenvalue weighted by molar-refractivity contribution is 7.89. The Morgan fingerprint density at radius 2 is 1.72 bits per heavy atom. The third kappa shape index (κ3) is 7.23. The van der Waals surface area contributed by atoms with Gasteiger partial charge in [-0.25, -0.2) is 13.1 Å². The maximum atomic E-state index is 11.7. The molecule has 1 atom stereocenters. The summed E-state index contributed by atoms with van der Waals surface area (Å²) in [6.45, 7) is 5.58. The Bertz CT molecular complexity index is 683. The van der Waals surface area contributed by atoms with E-state index in [1.165, 1.54) is 19.2 Å². The Hall–Kier alpha value is -1.93. The summed E-state index contributed by atoms with van der Waals surface area (Å²) in [6, 6.07) is 6.27. The number of rotatable bonds is 9. The van der Waals surface area contributed by atoms with E-state index >= 15 is 0 Å². The van der Waals surface area contributed by atoms with Gasteiger partial charge in [-0.15, -0.1) is 0 Å². The van der Waals surface area contributed by atoms with Crippen molar-refractivity contribution in [2.45, 2.75) is 44.6 Å². The van der Waals surface area contributed by atoms with Gasteiger partial charge in [0, 0.05) is 12.5 Å². The highest BCUT2D eigenvalue weighted by Crippen LogP contribution is 2.11. The molecule has 1 rings (SSSR count). The standard InChI is InChI=1S/C17H26N2O5S/c1-12(2)13(3)19-16(20)11-24-17(21)10-7-14-5-8-15(9-6-14)25(22,23)18-4/h5-6,8-9,12-13,18H,7,10-11H2,1-4H3,(H,19,20). The van der Waals surface area contributed by atoms with Gasteiger partial charge in [-0.2, -0.15) is 0 Å². The van der Waals surface area contributed by atoms with Crippen molar-refractivity contribution in [1.82, 2.24) is 10.0 Å². The van der Waals surface area contributed by atoms with Crippen molar-refractivity contribution >= 4 is 21.9 Å². The van der Waals surface area contributed by atoms with Gasteiger partial charge in [0.2, 0.25) is 10.0 Å². The Kier molecular flexibility index (Phi) is 8.05. The highest BCUT2D eigenvalue weighted by atomic mass is 32.2. The molecule has 7 nitrogen and oxygen atoms in total. The van der Waals surface area contributed by atoms with Crippen LogP contribution in [0.2, 0.25) is 0 Å². The molecule has 1 aromatic rings. The molecule has 0 saturated heterocycles. The first-order valence-electron chi connectivity index (χ1n) is 8.13. The van der Waals surface area contributed by atoms with Gasteiger partial charge in [-0.1, -0.05) is 26.0 Å². The second-order valence-electron chi connectivity index (χ2n) is 6.11. The Labute approximate surface area is 149 Å². The van der Waals surface area contributed by atoms with Crippen LogP contribution in [-0.4, -0.2) is 40.0 Å². The lowest BCUT2D eigenvalue weighted by molar-refractivity contribution is -0.148. The van der Waals surface area contributed by atoms with Gasteiger partial charge in [-0.3, -0.25) is 9.59 Å². The minimum Gasteiger partial charge on any atom is -0.456 e. The van der Waals surface area contributed by atoms with Gasteiger partial charge in [0.15, 0.2) is 6.61 Å². The molecule has 0 saturated carbocycles. The van der Waals surface area contributed by atoms with Gasteiger partial charge in [0.05, 0.1) is 4.90 Å². The molecule has 0 aliphatic carbocycles. The monoisotopic (exact) mass is 370 g/mol. The fourth-order valence-electron chi connectivity index (χ4n) is 1.88. The minimum atomic E-state index is -3.47. The van der Waals surface area contributed by atoms with Gasteiger partial charge >= 0.3 is 5.97 Å². The quantitative estimate of drug-likeness (QED) is 0.637. The maximum Gasteiger partial charge on any atom is 0.306 e. The molecular formula is C17H26N2O5S. The van der Waals surface area contributed by atoms with E-state index in [1.807, 2.05) is 20.8 Å². The molecule has 25 heavy (non-hydrogen) atoms. The van der Waals surface area contributed by atoms with Crippen LogP contribution in [0.1, 0.15) is 32.8 Å². The van der Waals surface area contributed by atoms with Crippen LogP contribution >= 0.6 is 0 Å². The first kappa shape index (κ1) is 21.1. The summed E-state index contributed by atoms with van der Waals surface area (Å²) in [6.07, 6.45) is 0.522. The van der Waals surface area contributed by atoms with E-state index < -0.39 is 16.0 Å². The van der Waals surface area contributed by atoms with Gasteiger partial charge in [-0.05, 0) is 44.0 Å². The second kappa shape index (κ2) is 9.53. The maximum absolute atomic E-state index is 11.7. The highest BCUT2D eigenvalue weighted by Gasteiger charge is 2.13. The fourth-order valence-corrected chi connectivity index (χ4v) is 2.61. The molecule has 8 heteroatoms. The van der Waals surface area contributed by atoms with Crippen molar-refractivity contribution in [2.75, 3.05) is 13.7 Å². The van der Waals surface area contributed by atoms with E-state index in [9.17, 15) is 18.0 Å². The molecule has 0 spiro atoms. The van der Waals surface area contributed by atoms with Crippen LogP contribution in [0.4, 0.5) is 0 Å². The van der Waals surface area contributed by atoms with Crippen LogP contribution in [0, 0.1) is 5.92 Å². The first-order chi connectivity index (χ1) is 11.7. The third-order valence-electron chi connectivity index (χ3n) is 3.87. The van der Waals surface area contributed by atoms with Gasteiger partial charge < -0.3 is 10.1 Å². The number of amides is 1. The molecule has 0 aliphatic rings.